The van der Waals surface area contributed by atoms with Crippen LogP contribution in [0.3, 0.4) is 0 Å². The number of ether oxygens (including phenoxy) is 1. The molecule has 0 fully saturated rings. The topological polar surface area (TPSA) is 22.1 Å². The molecule has 0 spiro atoms. The van der Waals surface area contributed by atoms with Gasteiger partial charge in [0.25, 0.3) is 0 Å². The normalized spacial score (nSPS) is 21.5. The van der Waals surface area contributed by atoms with Crippen molar-refractivity contribution in [3.8, 4) is 0 Å². The third kappa shape index (κ3) is 3.17. The zero-order valence-corrected chi connectivity index (χ0v) is 10.8. The first kappa shape index (κ1) is 11.9. The molecular weight excluding hydrogens is 230 g/mol. The Morgan fingerprint density at radius 3 is 3.00 bits per heavy atom. The van der Waals surface area contributed by atoms with Crippen molar-refractivity contribution in [2.75, 3.05) is 7.11 Å². The summed E-state index contributed by atoms with van der Waals surface area (Å²) >= 11 is 1.67. The van der Waals surface area contributed by atoms with Crippen LogP contribution in [0.4, 0.5) is 0 Å². The van der Waals surface area contributed by atoms with E-state index < -0.39 is 0 Å². The standard InChI is InChI=1S/C14H15NOS/c1-11-15-14(10-17-11)8-7-12-5-3-4-6-13(12)9-16-2/h3-10,12H,1-2H3. The predicted molar refractivity (Wildman–Crippen MR) is 72.7 cm³/mol. The molecule has 1 aromatic rings. The second kappa shape index (κ2) is 5.64. The molecule has 1 aromatic heterocycles. The van der Waals surface area contributed by atoms with Gasteiger partial charge in [-0.05, 0) is 18.6 Å². The van der Waals surface area contributed by atoms with Crippen LogP contribution in [0.25, 0.3) is 6.08 Å². The van der Waals surface area contributed by atoms with Crippen LogP contribution in [-0.2, 0) is 4.74 Å². The van der Waals surface area contributed by atoms with Crippen molar-refractivity contribution in [1.29, 1.82) is 0 Å². The molecule has 1 atom stereocenters. The van der Waals surface area contributed by atoms with Gasteiger partial charge in [-0.1, -0.05) is 30.4 Å². The molecule has 1 aliphatic carbocycles. The maximum absolute atomic E-state index is 5.07. The number of allylic oxidation sites excluding steroid dienone is 6. The van der Waals surface area contributed by atoms with E-state index >= 15 is 0 Å². The van der Waals surface area contributed by atoms with Crippen LogP contribution in [0.15, 0.2) is 47.6 Å². The first-order valence-electron chi connectivity index (χ1n) is 5.47. The lowest BCUT2D eigenvalue weighted by Gasteiger charge is -2.11. The fraction of sp³-hybridized carbons (Fsp3) is 0.214. The fourth-order valence-electron chi connectivity index (χ4n) is 1.66. The summed E-state index contributed by atoms with van der Waals surface area (Å²) < 4.78 is 5.07. The average Bonchev–Trinajstić information content (AvgIpc) is 2.74. The van der Waals surface area contributed by atoms with Crippen LogP contribution in [-0.4, -0.2) is 12.1 Å². The van der Waals surface area contributed by atoms with Crippen molar-refractivity contribution < 1.29 is 4.74 Å². The number of nitrogens with zero attached hydrogens (tertiary/aromatic N) is 1. The van der Waals surface area contributed by atoms with Crippen LogP contribution in [0.2, 0.25) is 0 Å². The number of aryl methyl sites for hydroxylation is 1. The fourth-order valence-corrected chi connectivity index (χ4v) is 2.24. The van der Waals surface area contributed by atoms with Crippen molar-refractivity contribution in [2.24, 2.45) is 5.92 Å². The van der Waals surface area contributed by atoms with Crippen LogP contribution in [0.5, 0.6) is 0 Å². The summed E-state index contributed by atoms with van der Waals surface area (Å²) in [6.07, 6.45) is 14.2. The Morgan fingerprint density at radius 1 is 1.41 bits per heavy atom. The average molecular weight is 245 g/mol. The van der Waals surface area contributed by atoms with E-state index in [2.05, 4.69) is 34.7 Å². The molecule has 0 radical (unpaired) electrons. The molecule has 3 heteroatoms. The molecule has 0 saturated heterocycles. The van der Waals surface area contributed by atoms with Gasteiger partial charge in [-0.2, -0.15) is 0 Å². The van der Waals surface area contributed by atoms with Gasteiger partial charge >= 0.3 is 0 Å². The van der Waals surface area contributed by atoms with Crippen LogP contribution < -0.4 is 0 Å². The van der Waals surface area contributed by atoms with E-state index in [9.17, 15) is 0 Å². The van der Waals surface area contributed by atoms with E-state index in [-0.39, 0.29) is 5.92 Å². The number of methoxy groups -OCH3 is 1. The molecule has 0 amide bonds. The number of thiazole rings is 1. The molecule has 1 heterocycles. The SMILES string of the molecule is COC=C1C=CC=CC1C=Cc1csc(C)n1. The van der Waals surface area contributed by atoms with Crippen molar-refractivity contribution in [3.05, 3.63) is 58.3 Å². The Labute approximate surface area is 106 Å². The lowest BCUT2D eigenvalue weighted by atomic mass is 9.95. The Morgan fingerprint density at radius 2 is 2.29 bits per heavy atom. The minimum Gasteiger partial charge on any atom is -0.504 e. The van der Waals surface area contributed by atoms with E-state index in [4.69, 9.17) is 4.74 Å². The molecule has 1 unspecified atom stereocenters. The number of rotatable bonds is 3. The van der Waals surface area contributed by atoms with E-state index in [1.54, 1.807) is 24.7 Å². The van der Waals surface area contributed by atoms with E-state index in [0.717, 1.165) is 16.3 Å². The molecule has 0 aromatic carbocycles. The van der Waals surface area contributed by atoms with Gasteiger partial charge in [-0.25, -0.2) is 4.98 Å². The van der Waals surface area contributed by atoms with Crippen LogP contribution in [0, 0.1) is 12.8 Å². The second-order valence-corrected chi connectivity index (χ2v) is 4.84. The lowest BCUT2D eigenvalue weighted by molar-refractivity contribution is 0.333. The smallest absolute Gasteiger partial charge is 0.0901 e. The molecule has 17 heavy (non-hydrogen) atoms. The highest BCUT2D eigenvalue weighted by atomic mass is 32.1. The third-order valence-corrected chi connectivity index (χ3v) is 3.26. The maximum Gasteiger partial charge on any atom is 0.0901 e. The summed E-state index contributed by atoms with van der Waals surface area (Å²) in [6.45, 7) is 2.02. The number of hydrogen-bond donors (Lipinski definition) is 0. The van der Waals surface area contributed by atoms with Gasteiger partial charge in [0.05, 0.1) is 24.1 Å². The highest BCUT2D eigenvalue weighted by molar-refractivity contribution is 7.09. The van der Waals surface area contributed by atoms with Gasteiger partial charge in [0.2, 0.25) is 0 Å². The first-order chi connectivity index (χ1) is 8.29. The van der Waals surface area contributed by atoms with E-state index in [1.165, 1.54) is 0 Å². The molecule has 1 aliphatic rings. The molecule has 0 bridgehead atoms. The summed E-state index contributed by atoms with van der Waals surface area (Å²) in [4.78, 5) is 4.40. The van der Waals surface area contributed by atoms with Crippen molar-refractivity contribution in [3.63, 3.8) is 0 Å². The molecular formula is C14H15NOS. The Hall–Kier alpha value is -1.61. The molecule has 0 aliphatic heterocycles. The van der Waals surface area contributed by atoms with Gasteiger partial charge in [0.15, 0.2) is 0 Å². The van der Waals surface area contributed by atoms with Gasteiger partial charge in [-0.3, -0.25) is 0 Å². The summed E-state index contributed by atoms with van der Waals surface area (Å²) in [6, 6.07) is 0. The first-order valence-corrected chi connectivity index (χ1v) is 6.35. The van der Waals surface area contributed by atoms with Gasteiger partial charge in [0.1, 0.15) is 0 Å². The second-order valence-electron chi connectivity index (χ2n) is 3.77. The molecule has 0 N–H and O–H groups in total. The lowest BCUT2D eigenvalue weighted by Crippen LogP contribution is -1.98. The van der Waals surface area contributed by atoms with Crippen LogP contribution in [0.1, 0.15) is 10.7 Å². The number of hydrogen-bond acceptors (Lipinski definition) is 3. The Bertz CT molecular complexity index is 494. The molecule has 2 nitrogen and oxygen atoms in total. The van der Waals surface area contributed by atoms with Crippen molar-refractivity contribution in [2.45, 2.75) is 6.92 Å². The van der Waals surface area contributed by atoms with E-state index in [0.29, 0.717) is 0 Å². The Balaban J connectivity index is 2.12. The predicted octanol–water partition coefficient (Wildman–Crippen LogP) is 3.74. The third-order valence-electron chi connectivity index (χ3n) is 2.47. The minimum atomic E-state index is 0.266. The number of aromatic nitrogens is 1. The highest BCUT2D eigenvalue weighted by Crippen LogP contribution is 2.21. The monoisotopic (exact) mass is 245 g/mol. The minimum absolute atomic E-state index is 0.266. The van der Waals surface area contributed by atoms with E-state index in [1.807, 2.05) is 19.1 Å². The summed E-state index contributed by atoms with van der Waals surface area (Å²) in [7, 11) is 1.67. The molecule has 2 rings (SSSR count). The molecule has 0 saturated carbocycles. The van der Waals surface area contributed by atoms with Crippen molar-refractivity contribution >= 4 is 17.4 Å². The molecule has 88 valence electrons. The van der Waals surface area contributed by atoms with Crippen LogP contribution >= 0.6 is 11.3 Å². The van der Waals surface area contributed by atoms with Gasteiger partial charge in [-0.15, -0.1) is 11.3 Å². The summed E-state index contributed by atoms with van der Waals surface area (Å²) in [5.74, 6) is 0.266. The van der Waals surface area contributed by atoms with Gasteiger partial charge < -0.3 is 4.74 Å². The maximum atomic E-state index is 5.07. The largest absolute Gasteiger partial charge is 0.504 e. The van der Waals surface area contributed by atoms with Crippen molar-refractivity contribution in [1.82, 2.24) is 4.98 Å². The summed E-state index contributed by atoms with van der Waals surface area (Å²) in [5, 5.41) is 3.16. The quantitative estimate of drug-likeness (QED) is 0.757. The van der Waals surface area contributed by atoms with Gasteiger partial charge in [0, 0.05) is 11.3 Å². The zero-order chi connectivity index (χ0) is 12.1. The summed E-state index contributed by atoms with van der Waals surface area (Å²) in [5.41, 5.74) is 2.17. The Kier molecular flexibility index (Phi) is 3.94. The zero-order valence-electron chi connectivity index (χ0n) is 9.96. The highest BCUT2D eigenvalue weighted by Gasteiger charge is 2.08.